The van der Waals surface area contributed by atoms with Gasteiger partial charge in [0.15, 0.2) is 0 Å². The van der Waals surface area contributed by atoms with Gasteiger partial charge in [0, 0.05) is 18.7 Å². The number of amidine groups is 1. The highest BCUT2D eigenvalue weighted by Crippen LogP contribution is 2.24. The predicted octanol–water partition coefficient (Wildman–Crippen LogP) is 0.951. The average Bonchev–Trinajstić information content (AvgIpc) is 3.07. The van der Waals surface area contributed by atoms with Crippen molar-refractivity contribution < 1.29 is 9.59 Å². The molecule has 2 amide bonds. The van der Waals surface area contributed by atoms with E-state index in [4.69, 9.17) is 16.9 Å². The van der Waals surface area contributed by atoms with Gasteiger partial charge in [-0.3, -0.25) is 15.0 Å². The smallest absolute Gasteiger partial charge is 0.243 e. The second-order valence-corrected chi connectivity index (χ2v) is 7.86. The Morgan fingerprint density at radius 2 is 1.92 bits per heavy atom. The molecule has 0 saturated carbocycles. The Balaban J connectivity index is 1.97. The molecule has 1 saturated heterocycles. The molecule has 7 nitrogen and oxygen atoms in total. The fourth-order valence-corrected chi connectivity index (χ4v) is 2.96. The standard InChI is InChI=1S/C19H29N5O2/c1-19(2,3)15(20)18(26)24-10-4-5-14(24)17(25)23-11-12-6-8-13(9-7-12)16(21)22/h6-9,14-15H,4-5,10-11,20H2,1-3H3,(H3,21,22)(H,23,25)/t14-,15-/m0/s1. The maximum atomic E-state index is 12.7. The molecule has 2 atom stereocenters. The molecule has 1 aliphatic rings. The highest BCUT2D eigenvalue weighted by molar-refractivity contribution is 5.95. The van der Waals surface area contributed by atoms with Gasteiger partial charge in [-0.2, -0.15) is 0 Å². The van der Waals surface area contributed by atoms with Crippen molar-refractivity contribution in [2.24, 2.45) is 16.9 Å². The summed E-state index contributed by atoms with van der Waals surface area (Å²) in [5.41, 5.74) is 12.7. The lowest BCUT2D eigenvalue weighted by atomic mass is 9.86. The second kappa shape index (κ2) is 7.86. The van der Waals surface area contributed by atoms with Crippen molar-refractivity contribution in [1.82, 2.24) is 10.2 Å². The maximum absolute atomic E-state index is 12.7. The summed E-state index contributed by atoms with van der Waals surface area (Å²) >= 11 is 0. The minimum atomic E-state index is -0.630. The van der Waals surface area contributed by atoms with Gasteiger partial charge in [0.1, 0.15) is 11.9 Å². The molecular formula is C19H29N5O2. The van der Waals surface area contributed by atoms with Gasteiger partial charge in [-0.1, -0.05) is 45.0 Å². The Morgan fingerprint density at radius 3 is 2.46 bits per heavy atom. The van der Waals surface area contributed by atoms with Crippen LogP contribution in [0.5, 0.6) is 0 Å². The van der Waals surface area contributed by atoms with Crippen LogP contribution in [0.25, 0.3) is 0 Å². The normalized spacial score (nSPS) is 18.5. The molecule has 26 heavy (non-hydrogen) atoms. The van der Waals surface area contributed by atoms with Crippen LogP contribution in [0.3, 0.4) is 0 Å². The minimum Gasteiger partial charge on any atom is -0.384 e. The number of rotatable bonds is 5. The lowest BCUT2D eigenvalue weighted by molar-refractivity contribution is -0.141. The first-order valence-electron chi connectivity index (χ1n) is 8.88. The summed E-state index contributed by atoms with van der Waals surface area (Å²) in [5, 5.41) is 10.3. The van der Waals surface area contributed by atoms with Gasteiger partial charge in [-0.25, -0.2) is 0 Å². The number of nitrogen functional groups attached to an aromatic ring is 1. The number of amides is 2. The van der Waals surface area contributed by atoms with Crippen molar-refractivity contribution in [2.45, 2.75) is 52.2 Å². The van der Waals surface area contributed by atoms with Gasteiger partial charge >= 0.3 is 0 Å². The van der Waals surface area contributed by atoms with E-state index in [1.807, 2.05) is 32.9 Å². The van der Waals surface area contributed by atoms with Crippen molar-refractivity contribution in [3.8, 4) is 0 Å². The molecule has 142 valence electrons. The van der Waals surface area contributed by atoms with E-state index in [1.54, 1.807) is 17.0 Å². The third-order valence-corrected chi connectivity index (χ3v) is 4.77. The van der Waals surface area contributed by atoms with E-state index < -0.39 is 12.1 Å². The van der Waals surface area contributed by atoms with Crippen LogP contribution in [0.2, 0.25) is 0 Å². The first kappa shape index (κ1) is 19.9. The summed E-state index contributed by atoms with van der Waals surface area (Å²) in [4.78, 5) is 26.9. The SMILES string of the molecule is CC(C)(C)[C@@H](N)C(=O)N1CCC[C@H]1C(=O)NCc1ccc(C(=N)N)cc1. The Labute approximate surface area is 154 Å². The molecule has 1 aliphatic heterocycles. The highest BCUT2D eigenvalue weighted by atomic mass is 16.2. The summed E-state index contributed by atoms with van der Waals surface area (Å²) in [6, 6.07) is 6.05. The summed E-state index contributed by atoms with van der Waals surface area (Å²) in [6.45, 7) is 6.69. The first-order chi connectivity index (χ1) is 12.1. The van der Waals surface area contributed by atoms with Crippen molar-refractivity contribution in [1.29, 1.82) is 5.41 Å². The van der Waals surface area contributed by atoms with E-state index in [-0.39, 0.29) is 23.1 Å². The number of hydrogen-bond donors (Lipinski definition) is 4. The maximum Gasteiger partial charge on any atom is 0.243 e. The van der Waals surface area contributed by atoms with Crippen LogP contribution in [0.1, 0.15) is 44.7 Å². The zero-order chi connectivity index (χ0) is 19.5. The number of benzene rings is 1. The number of carbonyl (C=O) groups is 2. The summed E-state index contributed by atoms with van der Waals surface area (Å²) in [6.07, 6.45) is 1.45. The number of hydrogen-bond acceptors (Lipinski definition) is 4. The molecule has 7 heteroatoms. The van der Waals surface area contributed by atoms with Crippen LogP contribution in [0.4, 0.5) is 0 Å². The Hall–Kier alpha value is -2.41. The Morgan fingerprint density at radius 1 is 1.31 bits per heavy atom. The Bertz CT molecular complexity index is 678. The molecule has 0 unspecified atom stereocenters. The molecule has 1 aromatic carbocycles. The number of nitrogens with zero attached hydrogens (tertiary/aromatic N) is 1. The summed E-state index contributed by atoms with van der Waals surface area (Å²) < 4.78 is 0. The number of nitrogens with one attached hydrogen (secondary N) is 2. The van der Waals surface area contributed by atoms with Crippen molar-refractivity contribution in [3.63, 3.8) is 0 Å². The molecular weight excluding hydrogens is 330 g/mol. The van der Waals surface area contributed by atoms with Gasteiger partial charge in [0.05, 0.1) is 6.04 Å². The van der Waals surface area contributed by atoms with Crippen LogP contribution in [0, 0.1) is 10.8 Å². The first-order valence-corrected chi connectivity index (χ1v) is 8.88. The van der Waals surface area contributed by atoms with Gasteiger partial charge in [-0.05, 0) is 23.8 Å². The lowest BCUT2D eigenvalue weighted by Gasteiger charge is -2.32. The highest BCUT2D eigenvalue weighted by Gasteiger charge is 2.39. The van der Waals surface area contributed by atoms with Crippen LogP contribution in [-0.2, 0) is 16.1 Å². The quantitative estimate of drug-likeness (QED) is 0.461. The molecule has 0 spiro atoms. The average molecular weight is 359 g/mol. The monoisotopic (exact) mass is 359 g/mol. The number of nitrogens with two attached hydrogens (primary N) is 2. The fraction of sp³-hybridized carbons (Fsp3) is 0.526. The van der Waals surface area contributed by atoms with Crippen LogP contribution < -0.4 is 16.8 Å². The summed E-state index contributed by atoms with van der Waals surface area (Å²) in [7, 11) is 0. The summed E-state index contributed by atoms with van der Waals surface area (Å²) in [5.74, 6) is -0.315. The van der Waals surface area contributed by atoms with Gasteiger partial charge < -0.3 is 21.7 Å². The third kappa shape index (κ3) is 4.60. The van der Waals surface area contributed by atoms with E-state index in [0.717, 1.165) is 12.0 Å². The molecule has 1 aromatic rings. The zero-order valence-corrected chi connectivity index (χ0v) is 15.7. The van der Waals surface area contributed by atoms with Crippen molar-refractivity contribution in [3.05, 3.63) is 35.4 Å². The molecule has 6 N–H and O–H groups in total. The number of likely N-dealkylation sites (tertiary alicyclic amines) is 1. The van der Waals surface area contributed by atoms with E-state index >= 15 is 0 Å². The molecule has 1 fully saturated rings. The predicted molar refractivity (Wildman–Crippen MR) is 101 cm³/mol. The van der Waals surface area contributed by atoms with E-state index in [9.17, 15) is 9.59 Å². The molecule has 0 aromatic heterocycles. The lowest BCUT2D eigenvalue weighted by Crippen LogP contribution is -2.54. The van der Waals surface area contributed by atoms with E-state index in [0.29, 0.717) is 25.1 Å². The number of carbonyl (C=O) groups excluding carboxylic acids is 2. The van der Waals surface area contributed by atoms with Gasteiger partial charge in [0.25, 0.3) is 0 Å². The van der Waals surface area contributed by atoms with Gasteiger partial charge in [-0.15, -0.1) is 0 Å². The zero-order valence-electron chi connectivity index (χ0n) is 15.7. The fourth-order valence-electron chi connectivity index (χ4n) is 2.96. The van der Waals surface area contributed by atoms with Crippen LogP contribution >= 0.6 is 0 Å². The second-order valence-electron chi connectivity index (χ2n) is 7.86. The molecule has 1 heterocycles. The van der Waals surface area contributed by atoms with E-state index in [2.05, 4.69) is 5.32 Å². The van der Waals surface area contributed by atoms with Crippen LogP contribution in [-0.4, -0.2) is 41.2 Å². The molecule has 0 bridgehead atoms. The molecule has 0 aliphatic carbocycles. The van der Waals surface area contributed by atoms with Gasteiger partial charge in [0.2, 0.25) is 11.8 Å². The van der Waals surface area contributed by atoms with Crippen LogP contribution in [0.15, 0.2) is 24.3 Å². The van der Waals surface area contributed by atoms with Crippen molar-refractivity contribution >= 4 is 17.6 Å². The molecule has 0 radical (unpaired) electrons. The third-order valence-electron chi connectivity index (χ3n) is 4.77. The van der Waals surface area contributed by atoms with Crippen molar-refractivity contribution in [2.75, 3.05) is 6.54 Å². The topological polar surface area (TPSA) is 125 Å². The largest absolute Gasteiger partial charge is 0.384 e. The Kier molecular flexibility index (Phi) is 6.02. The van der Waals surface area contributed by atoms with E-state index in [1.165, 1.54) is 0 Å². The molecule has 2 rings (SSSR count). The minimum absolute atomic E-state index is 0.0101.